The minimum Gasteiger partial charge on any atom is -0.493 e. The van der Waals surface area contributed by atoms with E-state index in [1.807, 2.05) is 36.4 Å². The molecule has 2 aromatic carbocycles. The third-order valence-electron chi connectivity index (χ3n) is 2.45. The molecule has 5 heteroatoms. The molecular formula is C14H16NO3P. The maximum Gasteiger partial charge on any atom is 0.338 e. The van der Waals surface area contributed by atoms with Crippen LogP contribution in [-0.4, -0.2) is 13.8 Å². The van der Waals surface area contributed by atoms with Gasteiger partial charge in [-0.15, -0.1) is 0 Å². The molecule has 2 aromatic rings. The van der Waals surface area contributed by atoms with Crippen molar-refractivity contribution >= 4 is 13.2 Å². The first-order valence-corrected chi connectivity index (χ1v) is 7.91. The highest BCUT2D eigenvalue weighted by atomic mass is 31.2. The number of benzene rings is 2. The first-order chi connectivity index (χ1) is 9.11. The van der Waals surface area contributed by atoms with Gasteiger partial charge in [-0.05, 0) is 24.3 Å². The second-order valence-electron chi connectivity index (χ2n) is 4.07. The minimum absolute atomic E-state index is 0.458. The van der Waals surface area contributed by atoms with Crippen LogP contribution < -0.4 is 14.3 Å². The van der Waals surface area contributed by atoms with Gasteiger partial charge in [0, 0.05) is 12.4 Å². The normalized spacial score (nSPS) is 13.4. The average molecular weight is 277 g/mol. The fourth-order valence-corrected chi connectivity index (χ4v) is 2.84. The summed E-state index contributed by atoms with van der Waals surface area (Å²) in [4.78, 5) is 0. The quantitative estimate of drug-likeness (QED) is 0.839. The fraction of sp³-hybridized carbons (Fsp3) is 0.143. The van der Waals surface area contributed by atoms with Crippen molar-refractivity contribution < 1.29 is 13.8 Å². The monoisotopic (exact) mass is 277 g/mol. The molecule has 0 spiro atoms. The third-order valence-corrected chi connectivity index (χ3v) is 3.66. The lowest BCUT2D eigenvalue weighted by Gasteiger charge is -2.18. The van der Waals surface area contributed by atoms with Crippen molar-refractivity contribution in [1.29, 1.82) is 0 Å². The molecule has 100 valence electrons. The van der Waals surface area contributed by atoms with Gasteiger partial charge in [-0.2, -0.15) is 0 Å². The van der Waals surface area contributed by atoms with Gasteiger partial charge in [0.1, 0.15) is 0 Å². The molecule has 0 saturated heterocycles. The van der Waals surface area contributed by atoms with Crippen molar-refractivity contribution in [2.24, 2.45) is 0 Å². The van der Waals surface area contributed by atoms with Gasteiger partial charge in [0.25, 0.3) is 0 Å². The van der Waals surface area contributed by atoms with E-state index in [1.165, 1.54) is 6.66 Å². The Kier molecular flexibility index (Phi) is 4.13. The van der Waals surface area contributed by atoms with Crippen molar-refractivity contribution in [2.75, 3.05) is 18.9 Å². The molecule has 0 fully saturated rings. The van der Waals surface area contributed by atoms with Crippen molar-refractivity contribution in [3.8, 4) is 11.5 Å². The summed E-state index contributed by atoms with van der Waals surface area (Å²) in [6.45, 7) is 1.53. The number of hydrogen-bond acceptors (Lipinski definition) is 3. The van der Waals surface area contributed by atoms with Crippen molar-refractivity contribution in [2.45, 2.75) is 0 Å². The molecule has 1 atom stereocenters. The van der Waals surface area contributed by atoms with Gasteiger partial charge in [0.15, 0.2) is 11.5 Å². The largest absolute Gasteiger partial charge is 0.493 e. The van der Waals surface area contributed by atoms with E-state index in [0.29, 0.717) is 11.5 Å². The average Bonchev–Trinajstić information content (AvgIpc) is 2.39. The molecule has 0 unspecified atom stereocenters. The second kappa shape index (κ2) is 5.81. The zero-order valence-corrected chi connectivity index (χ0v) is 11.8. The smallest absolute Gasteiger partial charge is 0.338 e. The van der Waals surface area contributed by atoms with Gasteiger partial charge in [0.2, 0.25) is 0 Å². The molecule has 19 heavy (non-hydrogen) atoms. The highest BCUT2D eigenvalue weighted by Gasteiger charge is 2.19. The molecule has 0 bridgehead atoms. The predicted octanol–water partition coefficient (Wildman–Crippen LogP) is 4.01. The van der Waals surface area contributed by atoms with Crippen LogP contribution in [0, 0.1) is 0 Å². The summed E-state index contributed by atoms with van der Waals surface area (Å²) >= 11 is 0. The number of anilines is 1. The molecule has 2 rings (SSSR count). The van der Waals surface area contributed by atoms with Crippen molar-refractivity contribution in [3.63, 3.8) is 0 Å². The van der Waals surface area contributed by atoms with E-state index in [4.69, 9.17) is 9.26 Å². The molecule has 0 aromatic heterocycles. The van der Waals surface area contributed by atoms with Crippen LogP contribution in [0.5, 0.6) is 11.5 Å². The van der Waals surface area contributed by atoms with Gasteiger partial charge in [-0.1, -0.05) is 30.3 Å². The Morgan fingerprint density at radius 1 is 0.947 bits per heavy atom. The van der Waals surface area contributed by atoms with Crippen LogP contribution in [0.25, 0.3) is 0 Å². The number of nitrogens with one attached hydrogen (secondary N) is 1. The first kappa shape index (κ1) is 13.5. The summed E-state index contributed by atoms with van der Waals surface area (Å²) in [5.74, 6) is 1.01. The summed E-state index contributed by atoms with van der Waals surface area (Å²) in [5, 5.41) is 2.90. The maximum absolute atomic E-state index is 12.4. The number of ether oxygens (including phenoxy) is 1. The Bertz CT molecular complexity index is 586. The van der Waals surface area contributed by atoms with Crippen LogP contribution in [0.3, 0.4) is 0 Å². The number of para-hydroxylation sites is 3. The SMILES string of the molecule is COc1ccccc1O[P@@](C)(=O)Nc1ccccc1. The minimum atomic E-state index is -3.01. The van der Waals surface area contributed by atoms with Crippen molar-refractivity contribution in [1.82, 2.24) is 0 Å². The van der Waals surface area contributed by atoms with Crippen LogP contribution in [0.15, 0.2) is 54.6 Å². The molecule has 0 heterocycles. The molecule has 0 radical (unpaired) electrons. The maximum atomic E-state index is 12.4. The Morgan fingerprint density at radius 2 is 1.53 bits per heavy atom. The zero-order chi connectivity index (χ0) is 13.7. The molecule has 0 saturated carbocycles. The lowest BCUT2D eigenvalue weighted by molar-refractivity contribution is 0.391. The molecule has 1 N–H and O–H groups in total. The van der Waals surface area contributed by atoms with Gasteiger partial charge in [0.05, 0.1) is 7.11 Å². The standard InChI is InChI=1S/C14H16NO3P/c1-17-13-10-6-7-11-14(13)18-19(2,16)15-12-8-4-3-5-9-12/h3-11H,1-2H3,(H,15,16)/t19-/m1/s1. The summed E-state index contributed by atoms with van der Waals surface area (Å²) in [7, 11) is -1.46. The van der Waals surface area contributed by atoms with E-state index in [1.54, 1.807) is 25.3 Å². The molecular weight excluding hydrogens is 261 g/mol. The second-order valence-corrected chi connectivity index (χ2v) is 6.16. The van der Waals surface area contributed by atoms with Gasteiger partial charge in [-0.25, -0.2) is 0 Å². The zero-order valence-electron chi connectivity index (χ0n) is 10.9. The van der Waals surface area contributed by atoms with Gasteiger partial charge < -0.3 is 14.3 Å². The predicted molar refractivity (Wildman–Crippen MR) is 77.2 cm³/mol. The third kappa shape index (κ3) is 3.76. The Morgan fingerprint density at radius 3 is 2.16 bits per heavy atom. The molecule has 0 aliphatic rings. The summed E-state index contributed by atoms with van der Waals surface area (Å²) in [6, 6.07) is 16.4. The van der Waals surface area contributed by atoms with Crippen LogP contribution in [0.4, 0.5) is 5.69 Å². The summed E-state index contributed by atoms with van der Waals surface area (Å²) in [5.41, 5.74) is 0.753. The topological polar surface area (TPSA) is 47.6 Å². The van der Waals surface area contributed by atoms with E-state index in [2.05, 4.69) is 5.09 Å². The van der Waals surface area contributed by atoms with Crippen LogP contribution in [0.1, 0.15) is 0 Å². The Hall–Kier alpha value is -1.93. The van der Waals surface area contributed by atoms with Crippen LogP contribution in [-0.2, 0) is 4.57 Å². The molecule has 4 nitrogen and oxygen atoms in total. The van der Waals surface area contributed by atoms with Crippen LogP contribution >= 0.6 is 7.52 Å². The van der Waals surface area contributed by atoms with Gasteiger partial charge in [-0.3, -0.25) is 4.57 Å². The number of methoxy groups -OCH3 is 1. The van der Waals surface area contributed by atoms with Crippen LogP contribution in [0.2, 0.25) is 0 Å². The van der Waals surface area contributed by atoms with E-state index in [0.717, 1.165) is 5.69 Å². The van der Waals surface area contributed by atoms with E-state index < -0.39 is 7.52 Å². The Balaban J connectivity index is 2.15. The first-order valence-electron chi connectivity index (χ1n) is 5.84. The lowest BCUT2D eigenvalue weighted by Crippen LogP contribution is -2.03. The van der Waals surface area contributed by atoms with Crippen molar-refractivity contribution in [3.05, 3.63) is 54.6 Å². The summed E-state index contributed by atoms with van der Waals surface area (Å²) < 4.78 is 23.1. The number of hydrogen-bond donors (Lipinski definition) is 1. The molecule has 0 amide bonds. The fourth-order valence-electron chi connectivity index (χ4n) is 1.65. The van der Waals surface area contributed by atoms with Gasteiger partial charge >= 0.3 is 7.52 Å². The molecule has 0 aliphatic heterocycles. The van der Waals surface area contributed by atoms with E-state index in [-0.39, 0.29) is 0 Å². The number of rotatable bonds is 5. The van der Waals surface area contributed by atoms with E-state index in [9.17, 15) is 4.57 Å². The Labute approximate surface area is 112 Å². The highest BCUT2D eigenvalue weighted by molar-refractivity contribution is 7.60. The lowest BCUT2D eigenvalue weighted by atomic mass is 10.3. The highest BCUT2D eigenvalue weighted by Crippen LogP contribution is 2.45. The summed E-state index contributed by atoms with van der Waals surface area (Å²) in [6.07, 6.45) is 0. The van der Waals surface area contributed by atoms with E-state index >= 15 is 0 Å². The molecule has 0 aliphatic carbocycles.